The Balaban J connectivity index is 1.20. The first-order valence-corrected chi connectivity index (χ1v) is 13.2. The van der Waals surface area contributed by atoms with Gasteiger partial charge in [-0.3, -0.25) is 10.1 Å². The number of benzene rings is 1. The van der Waals surface area contributed by atoms with E-state index in [9.17, 15) is 0 Å². The molecular formula is C30H23N7S. The molecule has 0 aliphatic heterocycles. The molecule has 0 aliphatic rings. The molecule has 6 aromatic heterocycles. The molecule has 0 saturated carbocycles. The number of nitrogens with zero attached hydrogens (tertiary/aromatic N) is 4. The van der Waals surface area contributed by atoms with Gasteiger partial charge in [0.15, 0.2) is 5.65 Å². The predicted octanol–water partition coefficient (Wildman–Crippen LogP) is 6.58. The fourth-order valence-electron chi connectivity index (χ4n) is 4.76. The number of pyridine rings is 3. The molecule has 6 heterocycles. The summed E-state index contributed by atoms with van der Waals surface area (Å²) in [4.78, 5) is 18.4. The lowest BCUT2D eigenvalue weighted by molar-refractivity contribution is 0.691. The van der Waals surface area contributed by atoms with Gasteiger partial charge in [0.1, 0.15) is 11.3 Å². The SMILES string of the molecule is c1ccc(CNCc2cncc(-c3cnc4[nH]nc(-c5cc6c(-c7cccs7)ccnc6[nH]5)c4c3)c2)cc1. The van der Waals surface area contributed by atoms with Crippen LogP contribution in [-0.2, 0) is 13.1 Å². The fraction of sp³-hybridized carbons (Fsp3) is 0.0667. The second-order valence-electron chi connectivity index (χ2n) is 9.14. The smallest absolute Gasteiger partial charge is 0.155 e. The first kappa shape index (κ1) is 22.5. The van der Waals surface area contributed by atoms with Crippen LogP contribution in [0, 0.1) is 0 Å². The van der Waals surface area contributed by atoms with E-state index in [0.717, 1.165) is 68.8 Å². The van der Waals surface area contributed by atoms with Crippen LogP contribution in [0.2, 0.25) is 0 Å². The van der Waals surface area contributed by atoms with Crippen LogP contribution in [-0.4, -0.2) is 30.1 Å². The van der Waals surface area contributed by atoms with Crippen molar-refractivity contribution < 1.29 is 0 Å². The van der Waals surface area contributed by atoms with E-state index in [1.54, 1.807) is 11.3 Å². The van der Waals surface area contributed by atoms with Crippen LogP contribution in [0.5, 0.6) is 0 Å². The van der Waals surface area contributed by atoms with E-state index in [-0.39, 0.29) is 0 Å². The summed E-state index contributed by atoms with van der Waals surface area (Å²) in [5.74, 6) is 0. The number of aromatic amines is 2. The molecule has 0 amide bonds. The van der Waals surface area contributed by atoms with Gasteiger partial charge < -0.3 is 10.3 Å². The van der Waals surface area contributed by atoms with Crippen molar-refractivity contribution in [1.29, 1.82) is 0 Å². The van der Waals surface area contributed by atoms with Crippen molar-refractivity contribution in [3.05, 3.63) is 108 Å². The van der Waals surface area contributed by atoms with Crippen molar-refractivity contribution in [3.8, 4) is 33.0 Å². The highest BCUT2D eigenvalue weighted by molar-refractivity contribution is 7.13. The Kier molecular flexibility index (Phi) is 5.73. The molecule has 0 radical (unpaired) electrons. The second-order valence-corrected chi connectivity index (χ2v) is 10.1. The molecule has 184 valence electrons. The van der Waals surface area contributed by atoms with E-state index in [4.69, 9.17) is 0 Å². The number of hydrogen-bond donors (Lipinski definition) is 3. The number of rotatable bonds is 7. The Labute approximate surface area is 222 Å². The van der Waals surface area contributed by atoms with Crippen LogP contribution in [0.3, 0.4) is 0 Å². The van der Waals surface area contributed by atoms with Crippen molar-refractivity contribution in [2.45, 2.75) is 13.1 Å². The standard InChI is InChI=1S/C30H23N7S/c1-2-5-19(6-3-1)14-31-15-20-11-21(17-32-16-20)22-12-25-28(36-37-30(25)34-18-22)26-13-24-23(27-7-4-10-38-27)8-9-33-29(24)35-26/h1-13,16-18,31H,14-15H2,(H,33,35)(H,34,36,37). The van der Waals surface area contributed by atoms with Gasteiger partial charge in [-0.2, -0.15) is 5.10 Å². The van der Waals surface area contributed by atoms with E-state index in [0.29, 0.717) is 0 Å². The Morgan fingerprint density at radius 2 is 1.66 bits per heavy atom. The lowest BCUT2D eigenvalue weighted by atomic mass is 10.1. The maximum Gasteiger partial charge on any atom is 0.155 e. The van der Waals surface area contributed by atoms with Crippen LogP contribution >= 0.6 is 11.3 Å². The summed E-state index contributed by atoms with van der Waals surface area (Å²) in [6.45, 7) is 1.54. The van der Waals surface area contributed by atoms with Crippen molar-refractivity contribution in [2.24, 2.45) is 0 Å². The molecule has 0 saturated heterocycles. The minimum atomic E-state index is 0.733. The van der Waals surface area contributed by atoms with Gasteiger partial charge in [0, 0.05) is 70.2 Å². The van der Waals surface area contributed by atoms with Crippen LogP contribution < -0.4 is 5.32 Å². The van der Waals surface area contributed by atoms with Gasteiger partial charge in [-0.05, 0) is 46.8 Å². The largest absolute Gasteiger partial charge is 0.338 e. The quantitative estimate of drug-likeness (QED) is 0.224. The zero-order chi connectivity index (χ0) is 25.3. The summed E-state index contributed by atoms with van der Waals surface area (Å²) in [5.41, 5.74) is 8.84. The molecule has 0 spiro atoms. The Bertz CT molecular complexity index is 1850. The monoisotopic (exact) mass is 513 g/mol. The number of fused-ring (bicyclic) bond motifs is 2. The predicted molar refractivity (Wildman–Crippen MR) is 153 cm³/mol. The number of nitrogens with one attached hydrogen (secondary N) is 3. The van der Waals surface area contributed by atoms with Gasteiger partial charge in [-0.25, -0.2) is 9.97 Å². The molecule has 38 heavy (non-hydrogen) atoms. The third-order valence-electron chi connectivity index (χ3n) is 6.62. The van der Waals surface area contributed by atoms with Crippen LogP contribution in [0.25, 0.3) is 55.0 Å². The fourth-order valence-corrected chi connectivity index (χ4v) is 5.52. The molecular weight excluding hydrogens is 490 g/mol. The average molecular weight is 514 g/mol. The molecule has 0 bridgehead atoms. The van der Waals surface area contributed by atoms with E-state index in [2.05, 4.69) is 101 Å². The number of aromatic nitrogens is 6. The van der Waals surface area contributed by atoms with E-state index >= 15 is 0 Å². The third-order valence-corrected chi connectivity index (χ3v) is 7.52. The minimum absolute atomic E-state index is 0.733. The van der Waals surface area contributed by atoms with E-state index in [1.807, 2.05) is 30.9 Å². The lowest BCUT2D eigenvalue weighted by Gasteiger charge is -2.07. The topological polar surface area (TPSA) is 95.2 Å². The molecule has 1 aromatic carbocycles. The Morgan fingerprint density at radius 1 is 0.763 bits per heavy atom. The lowest BCUT2D eigenvalue weighted by Crippen LogP contribution is -2.12. The van der Waals surface area contributed by atoms with Gasteiger partial charge in [-0.1, -0.05) is 36.4 Å². The van der Waals surface area contributed by atoms with Gasteiger partial charge in [-0.15, -0.1) is 11.3 Å². The summed E-state index contributed by atoms with van der Waals surface area (Å²) in [6.07, 6.45) is 7.49. The first-order valence-electron chi connectivity index (χ1n) is 12.4. The van der Waals surface area contributed by atoms with Crippen molar-refractivity contribution >= 4 is 33.4 Å². The van der Waals surface area contributed by atoms with Gasteiger partial charge in [0.25, 0.3) is 0 Å². The van der Waals surface area contributed by atoms with Gasteiger partial charge in [0.2, 0.25) is 0 Å². The second kappa shape index (κ2) is 9.66. The molecule has 0 aliphatic carbocycles. The first-order chi connectivity index (χ1) is 18.8. The van der Waals surface area contributed by atoms with Crippen molar-refractivity contribution in [2.75, 3.05) is 0 Å². The number of H-pyrrole nitrogens is 2. The summed E-state index contributed by atoms with van der Waals surface area (Å²) in [5, 5.41) is 15.3. The molecule has 0 unspecified atom stereocenters. The van der Waals surface area contributed by atoms with Crippen LogP contribution in [0.1, 0.15) is 11.1 Å². The number of thiophene rings is 1. The molecule has 0 atom stereocenters. The molecule has 0 fully saturated rings. The number of hydrogen-bond acceptors (Lipinski definition) is 6. The summed E-state index contributed by atoms with van der Waals surface area (Å²) in [7, 11) is 0. The van der Waals surface area contributed by atoms with E-state index in [1.165, 1.54) is 10.4 Å². The van der Waals surface area contributed by atoms with Gasteiger partial charge in [0.05, 0.1) is 5.69 Å². The summed E-state index contributed by atoms with van der Waals surface area (Å²) >= 11 is 1.72. The Morgan fingerprint density at radius 3 is 2.55 bits per heavy atom. The van der Waals surface area contributed by atoms with Crippen LogP contribution in [0.4, 0.5) is 0 Å². The van der Waals surface area contributed by atoms with Crippen molar-refractivity contribution in [3.63, 3.8) is 0 Å². The van der Waals surface area contributed by atoms with Crippen molar-refractivity contribution in [1.82, 2.24) is 35.5 Å². The maximum atomic E-state index is 4.66. The maximum absolute atomic E-state index is 4.66. The zero-order valence-electron chi connectivity index (χ0n) is 20.3. The molecule has 3 N–H and O–H groups in total. The molecule has 7 aromatic rings. The zero-order valence-corrected chi connectivity index (χ0v) is 21.2. The molecule has 7 rings (SSSR count). The molecule has 7 nitrogen and oxygen atoms in total. The van der Waals surface area contributed by atoms with Gasteiger partial charge >= 0.3 is 0 Å². The minimum Gasteiger partial charge on any atom is -0.338 e. The highest BCUT2D eigenvalue weighted by atomic mass is 32.1. The highest BCUT2D eigenvalue weighted by Gasteiger charge is 2.16. The third kappa shape index (κ3) is 4.26. The average Bonchev–Trinajstić information content (AvgIpc) is 3.73. The summed E-state index contributed by atoms with van der Waals surface area (Å²) in [6, 6.07) is 23.1. The summed E-state index contributed by atoms with van der Waals surface area (Å²) < 4.78 is 0. The normalized spacial score (nSPS) is 11.5. The Hall–Kier alpha value is -4.66. The molecule has 8 heteroatoms. The highest BCUT2D eigenvalue weighted by Crippen LogP contribution is 2.35. The van der Waals surface area contributed by atoms with Crippen LogP contribution in [0.15, 0.2) is 96.9 Å². The van der Waals surface area contributed by atoms with E-state index < -0.39 is 0 Å².